The highest BCUT2D eigenvalue weighted by atomic mass is 16.5. The third-order valence-corrected chi connectivity index (χ3v) is 6.61. The maximum Gasteiger partial charge on any atom is 0.407 e. The maximum absolute atomic E-state index is 12.5. The van der Waals surface area contributed by atoms with Gasteiger partial charge >= 0.3 is 12.1 Å². The van der Waals surface area contributed by atoms with E-state index < -0.39 is 12.1 Å². The van der Waals surface area contributed by atoms with E-state index in [0.29, 0.717) is 18.7 Å². The molecule has 35 heavy (non-hydrogen) atoms. The lowest BCUT2D eigenvalue weighted by molar-refractivity contribution is -0.117. The molecule has 8 nitrogen and oxygen atoms in total. The summed E-state index contributed by atoms with van der Waals surface area (Å²) >= 11 is 0. The first-order valence-corrected chi connectivity index (χ1v) is 11.4. The number of phenols is 1. The number of ether oxygens (including phenoxy) is 1. The number of hydrogen-bond donors (Lipinski definition) is 4. The van der Waals surface area contributed by atoms with E-state index in [1.54, 1.807) is 0 Å². The van der Waals surface area contributed by atoms with Gasteiger partial charge in [0.1, 0.15) is 17.9 Å². The average Bonchev–Trinajstić information content (AvgIpc) is 3.57. The Morgan fingerprint density at radius 2 is 1.60 bits per heavy atom. The van der Waals surface area contributed by atoms with Crippen LogP contribution in [-0.2, 0) is 9.53 Å². The molecule has 5 rings (SSSR count). The quantitative estimate of drug-likeness (QED) is 0.382. The zero-order valence-corrected chi connectivity index (χ0v) is 18.7. The fraction of sp³-hybridized carbons (Fsp3) is 0.222. The van der Waals surface area contributed by atoms with Crippen molar-refractivity contribution in [3.8, 4) is 16.9 Å². The molecule has 2 aliphatic carbocycles. The number of nitrogens with one attached hydrogen (secondary N) is 2. The number of aromatic hydroxyl groups is 1. The summed E-state index contributed by atoms with van der Waals surface area (Å²) in [5, 5.41) is 24.1. The van der Waals surface area contributed by atoms with Gasteiger partial charge in [0.2, 0.25) is 5.91 Å². The van der Waals surface area contributed by atoms with E-state index in [1.165, 1.54) is 18.2 Å². The Kier molecular flexibility index (Phi) is 5.86. The SMILES string of the molecule is O=C(NC[C@@H]1C[C@@H]1C(=O)Nc1ccc(O)c(C(=O)O)c1)OCC1c2ccccc2-c2ccccc21. The van der Waals surface area contributed by atoms with Crippen LogP contribution in [0, 0.1) is 11.8 Å². The number of hydrogen-bond acceptors (Lipinski definition) is 5. The highest BCUT2D eigenvalue weighted by Gasteiger charge is 2.43. The molecule has 3 aromatic carbocycles. The number of amides is 2. The zero-order chi connectivity index (χ0) is 24.5. The van der Waals surface area contributed by atoms with E-state index in [4.69, 9.17) is 9.84 Å². The van der Waals surface area contributed by atoms with Gasteiger partial charge in [-0.15, -0.1) is 0 Å². The monoisotopic (exact) mass is 472 g/mol. The third-order valence-electron chi connectivity index (χ3n) is 6.61. The molecule has 0 radical (unpaired) electrons. The van der Waals surface area contributed by atoms with Crippen molar-refractivity contribution < 1.29 is 29.3 Å². The van der Waals surface area contributed by atoms with Crippen LogP contribution in [0.25, 0.3) is 11.1 Å². The largest absolute Gasteiger partial charge is 0.507 e. The smallest absolute Gasteiger partial charge is 0.407 e. The number of carboxylic acids is 1. The molecule has 4 N–H and O–H groups in total. The lowest BCUT2D eigenvalue weighted by Gasteiger charge is -2.14. The fourth-order valence-electron chi connectivity index (χ4n) is 4.68. The van der Waals surface area contributed by atoms with Crippen molar-refractivity contribution in [2.75, 3.05) is 18.5 Å². The number of carbonyl (C=O) groups is 3. The van der Waals surface area contributed by atoms with Crippen molar-refractivity contribution in [3.63, 3.8) is 0 Å². The van der Waals surface area contributed by atoms with Crippen LogP contribution >= 0.6 is 0 Å². The number of carbonyl (C=O) groups excluding carboxylic acids is 2. The van der Waals surface area contributed by atoms with Crippen LogP contribution in [0.5, 0.6) is 5.75 Å². The van der Waals surface area contributed by atoms with Crippen LogP contribution in [0.4, 0.5) is 10.5 Å². The highest BCUT2D eigenvalue weighted by Crippen LogP contribution is 2.44. The van der Waals surface area contributed by atoms with E-state index in [0.717, 1.165) is 22.3 Å². The third kappa shape index (κ3) is 4.55. The Bertz CT molecular complexity index is 1280. The standard InChI is InChI=1S/C27H24N2O6/c30-24-10-9-16(12-22(24)26(32)33)29-25(31)21-11-15(21)13-28-27(34)35-14-23-19-7-3-1-5-17(19)18-6-2-4-8-20(18)23/h1-10,12,15,21,23,30H,11,13-14H2,(H,28,34)(H,29,31)(H,32,33)/t15-,21-/m0/s1. The second-order valence-electron chi connectivity index (χ2n) is 8.84. The van der Waals surface area contributed by atoms with Gasteiger partial charge in [-0.3, -0.25) is 4.79 Å². The maximum atomic E-state index is 12.5. The Morgan fingerprint density at radius 3 is 2.26 bits per heavy atom. The summed E-state index contributed by atoms with van der Waals surface area (Å²) in [4.78, 5) is 35.9. The van der Waals surface area contributed by atoms with Gasteiger partial charge in [0.05, 0.1) is 0 Å². The summed E-state index contributed by atoms with van der Waals surface area (Å²) in [5.74, 6) is -2.24. The Labute approximate surface area is 201 Å². The molecule has 178 valence electrons. The summed E-state index contributed by atoms with van der Waals surface area (Å²) in [6.07, 6.45) is 0.0851. The van der Waals surface area contributed by atoms with Crippen LogP contribution in [0.1, 0.15) is 33.8 Å². The normalized spacial score (nSPS) is 17.7. The van der Waals surface area contributed by atoms with Crippen LogP contribution in [0.15, 0.2) is 66.7 Å². The van der Waals surface area contributed by atoms with Crippen molar-refractivity contribution in [2.24, 2.45) is 11.8 Å². The van der Waals surface area contributed by atoms with Crippen molar-refractivity contribution in [1.82, 2.24) is 5.32 Å². The fourth-order valence-corrected chi connectivity index (χ4v) is 4.68. The average molecular weight is 472 g/mol. The van der Waals surface area contributed by atoms with Crippen molar-refractivity contribution in [3.05, 3.63) is 83.4 Å². The Hall–Kier alpha value is -4.33. The first-order valence-electron chi connectivity index (χ1n) is 11.4. The molecule has 8 heteroatoms. The van der Waals surface area contributed by atoms with Gasteiger partial charge in [0, 0.05) is 24.1 Å². The minimum absolute atomic E-state index is 0.0198. The van der Waals surface area contributed by atoms with Gasteiger partial charge in [-0.25, -0.2) is 9.59 Å². The predicted molar refractivity (Wildman–Crippen MR) is 128 cm³/mol. The van der Waals surface area contributed by atoms with Gasteiger partial charge < -0.3 is 25.6 Å². The lowest BCUT2D eigenvalue weighted by Crippen LogP contribution is -2.29. The molecule has 0 unspecified atom stereocenters. The number of benzene rings is 3. The van der Waals surface area contributed by atoms with E-state index in [-0.39, 0.29) is 41.6 Å². The molecular formula is C27H24N2O6. The van der Waals surface area contributed by atoms with Crippen molar-refractivity contribution >= 4 is 23.7 Å². The molecule has 2 atom stereocenters. The van der Waals surface area contributed by atoms with Crippen LogP contribution < -0.4 is 10.6 Å². The van der Waals surface area contributed by atoms with E-state index in [9.17, 15) is 19.5 Å². The molecule has 2 aliphatic rings. The zero-order valence-electron chi connectivity index (χ0n) is 18.7. The predicted octanol–water partition coefficient (Wildman–Crippen LogP) is 4.20. The molecule has 1 saturated carbocycles. The molecule has 0 saturated heterocycles. The number of carboxylic acid groups (broad SMARTS) is 1. The minimum atomic E-state index is -1.28. The minimum Gasteiger partial charge on any atom is -0.507 e. The Balaban J connectivity index is 1.11. The second-order valence-corrected chi connectivity index (χ2v) is 8.84. The molecule has 0 aromatic heterocycles. The number of rotatable bonds is 7. The molecular weight excluding hydrogens is 448 g/mol. The number of anilines is 1. The summed E-state index contributed by atoms with van der Waals surface area (Å²) < 4.78 is 5.53. The van der Waals surface area contributed by atoms with Crippen LogP contribution in [0.3, 0.4) is 0 Å². The Morgan fingerprint density at radius 1 is 0.943 bits per heavy atom. The summed E-state index contributed by atoms with van der Waals surface area (Å²) in [6.45, 7) is 0.534. The van der Waals surface area contributed by atoms with E-state index in [2.05, 4.69) is 34.9 Å². The summed E-state index contributed by atoms with van der Waals surface area (Å²) in [6, 6.07) is 20.1. The van der Waals surface area contributed by atoms with Crippen LogP contribution in [0.2, 0.25) is 0 Å². The number of alkyl carbamates (subject to hydrolysis) is 1. The molecule has 0 bridgehead atoms. The van der Waals surface area contributed by atoms with E-state index >= 15 is 0 Å². The summed E-state index contributed by atoms with van der Waals surface area (Å²) in [7, 11) is 0. The topological polar surface area (TPSA) is 125 Å². The lowest BCUT2D eigenvalue weighted by atomic mass is 9.98. The first-order chi connectivity index (χ1) is 16.9. The molecule has 3 aromatic rings. The number of aromatic carboxylic acids is 1. The second kappa shape index (κ2) is 9.13. The first kappa shape index (κ1) is 22.5. The van der Waals surface area contributed by atoms with Gasteiger partial charge in [0.25, 0.3) is 0 Å². The molecule has 0 heterocycles. The van der Waals surface area contributed by atoms with Crippen molar-refractivity contribution in [1.29, 1.82) is 0 Å². The van der Waals surface area contributed by atoms with Gasteiger partial charge in [-0.2, -0.15) is 0 Å². The van der Waals surface area contributed by atoms with Crippen LogP contribution in [-0.4, -0.2) is 41.3 Å². The highest BCUT2D eigenvalue weighted by molar-refractivity contribution is 5.97. The van der Waals surface area contributed by atoms with Crippen molar-refractivity contribution in [2.45, 2.75) is 12.3 Å². The van der Waals surface area contributed by atoms with E-state index in [1.807, 2.05) is 24.3 Å². The molecule has 0 spiro atoms. The summed E-state index contributed by atoms with van der Waals surface area (Å²) in [5.41, 5.74) is 4.61. The molecule has 1 fully saturated rings. The molecule has 0 aliphatic heterocycles. The number of fused-ring (bicyclic) bond motifs is 3. The van der Waals surface area contributed by atoms with Gasteiger partial charge in [0.15, 0.2) is 0 Å². The molecule has 2 amide bonds. The van der Waals surface area contributed by atoms with Gasteiger partial charge in [-0.1, -0.05) is 48.5 Å². The van der Waals surface area contributed by atoms with Gasteiger partial charge in [-0.05, 0) is 52.8 Å².